The molecule has 0 aliphatic heterocycles. The van der Waals surface area contributed by atoms with Crippen LogP contribution in [0.3, 0.4) is 0 Å². The van der Waals surface area contributed by atoms with Crippen LogP contribution >= 0.6 is 0 Å². The molecule has 2 atom stereocenters. The van der Waals surface area contributed by atoms with E-state index in [1.165, 1.54) is 0 Å². The lowest BCUT2D eigenvalue weighted by Gasteiger charge is -2.26. The first-order chi connectivity index (χ1) is 14.4. The van der Waals surface area contributed by atoms with Crippen LogP contribution in [0, 0.1) is 5.92 Å². The van der Waals surface area contributed by atoms with Crippen molar-refractivity contribution in [2.24, 2.45) is 5.92 Å². The number of amides is 2. The monoisotopic (exact) mass is 436 g/mol. The molecule has 9 heteroatoms. The molecule has 2 amide bonds. The molecule has 0 aliphatic carbocycles. The van der Waals surface area contributed by atoms with Gasteiger partial charge in [-0.05, 0) is 26.3 Å². The number of benzene rings is 1. The summed E-state index contributed by atoms with van der Waals surface area (Å²) in [7, 11) is 1.12. The Morgan fingerprint density at radius 1 is 1.00 bits per heavy atom. The molecule has 2 N–H and O–H groups in total. The van der Waals surface area contributed by atoms with Gasteiger partial charge >= 0.3 is 12.1 Å². The van der Waals surface area contributed by atoms with Crippen molar-refractivity contribution >= 4 is 23.8 Å². The molecule has 1 rings (SSSR count). The fourth-order valence-electron chi connectivity index (χ4n) is 2.36. The molecule has 0 heterocycles. The fraction of sp³-hybridized carbons (Fsp3) is 0.545. The zero-order chi connectivity index (χ0) is 23.6. The van der Waals surface area contributed by atoms with Gasteiger partial charge in [0, 0.05) is 5.92 Å². The lowest BCUT2D eigenvalue weighted by atomic mass is 10.0. The number of nitrogens with one attached hydrogen (secondary N) is 2. The summed E-state index contributed by atoms with van der Waals surface area (Å²) in [5.74, 6) is -2.70. The van der Waals surface area contributed by atoms with E-state index in [1.54, 1.807) is 46.8 Å². The molecule has 1 unspecified atom stereocenters. The van der Waals surface area contributed by atoms with Crippen LogP contribution in [0.4, 0.5) is 4.79 Å². The van der Waals surface area contributed by atoms with Gasteiger partial charge in [0.15, 0.2) is 11.8 Å². The lowest BCUT2D eigenvalue weighted by molar-refractivity contribution is -0.150. The maximum atomic E-state index is 12.8. The van der Waals surface area contributed by atoms with Gasteiger partial charge in [-0.15, -0.1) is 0 Å². The van der Waals surface area contributed by atoms with Crippen LogP contribution in [-0.4, -0.2) is 55.2 Å². The molecule has 1 aromatic rings. The summed E-state index contributed by atoms with van der Waals surface area (Å²) in [6, 6.07) is 6.35. The van der Waals surface area contributed by atoms with E-state index in [1.807, 2.05) is 18.2 Å². The smallest absolute Gasteiger partial charge is 0.408 e. The number of hydrogen-bond donors (Lipinski definition) is 2. The molecular formula is C22H32N2O7. The molecule has 0 radical (unpaired) electrons. The largest absolute Gasteiger partial charge is 0.467 e. The third-order valence-electron chi connectivity index (χ3n) is 4.08. The predicted molar refractivity (Wildman–Crippen MR) is 113 cm³/mol. The SMILES string of the molecule is COC(=O)C(NC(=O)[C@H](COC(C)(C)C)NC(=O)OCc1ccccc1)C(=O)C(C)C. The summed E-state index contributed by atoms with van der Waals surface area (Å²) in [6.45, 7) is 8.38. The average Bonchev–Trinajstić information content (AvgIpc) is 2.72. The molecule has 31 heavy (non-hydrogen) atoms. The highest BCUT2D eigenvalue weighted by Gasteiger charge is 2.34. The van der Waals surface area contributed by atoms with Crippen molar-refractivity contribution in [1.29, 1.82) is 0 Å². The highest BCUT2D eigenvalue weighted by atomic mass is 16.6. The number of esters is 1. The van der Waals surface area contributed by atoms with E-state index in [9.17, 15) is 19.2 Å². The molecule has 0 aromatic heterocycles. The van der Waals surface area contributed by atoms with Gasteiger partial charge in [0.05, 0.1) is 19.3 Å². The Balaban J connectivity index is 2.88. The van der Waals surface area contributed by atoms with Gasteiger partial charge in [-0.1, -0.05) is 44.2 Å². The van der Waals surface area contributed by atoms with E-state index < -0.39 is 47.4 Å². The van der Waals surface area contributed by atoms with E-state index in [0.717, 1.165) is 12.7 Å². The second-order valence-electron chi connectivity index (χ2n) is 8.20. The van der Waals surface area contributed by atoms with Gasteiger partial charge in [0.1, 0.15) is 12.6 Å². The quantitative estimate of drug-likeness (QED) is 0.425. The predicted octanol–water partition coefficient (Wildman–Crippen LogP) is 1.98. The lowest BCUT2D eigenvalue weighted by Crippen LogP contribution is -2.56. The Kier molecular flexibility index (Phi) is 10.1. The van der Waals surface area contributed by atoms with E-state index in [0.29, 0.717) is 0 Å². The Hall–Kier alpha value is -2.94. The van der Waals surface area contributed by atoms with E-state index >= 15 is 0 Å². The molecule has 1 aromatic carbocycles. The highest BCUT2D eigenvalue weighted by molar-refractivity contribution is 6.07. The second kappa shape index (κ2) is 12.0. The van der Waals surface area contributed by atoms with Crippen molar-refractivity contribution in [3.63, 3.8) is 0 Å². The topological polar surface area (TPSA) is 120 Å². The van der Waals surface area contributed by atoms with Crippen molar-refractivity contribution in [3.05, 3.63) is 35.9 Å². The maximum absolute atomic E-state index is 12.8. The van der Waals surface area contributed by atoms with Crippen LogP contribution in [0.2, 0.25) is 0 Å². The number of alkyl carbamates (subject to hydrolysis) is 1. The summed E-state index contributed by atoms with van der Waals surface area (Å²) in [6.07, 6.45) is -0.841. The minimum atomic E-state index is -1.49. The Morgan fingerprint density at radius 2 is 1.61 bits per heavy atom. The van der Waals surface area contributed by atoms with Crippen molar-refractivity contribution in [3.8, 4) is 0 Å². The van der Waals surface area contributed by atoms with Gasteiger partial charge in [-0.2, -0.15) is 0 Å². The van der Waals surface area contributed by atoms with Crippen LogP contribution in [0.25, 0.3) is 0 Å². The normalized spacial score (nSPS) is 13.1. The minimum absolute atomic E-state index is 0.0117. The molecular weight excluding hydrogens is 404 g/mol. The van der Waals surface area contributed by atoms with E-state index in [2.05, 4.69) is 15.4 Å². The first-order valence-electron chi connectivity index (χ1n) is 9.97. The van der Waals surface area contributed by atoms with Gasteiger partial charge in [-0.25, -0.2) is 9.59 Å². The number of rotatable bonds is 10. The number of carbonyl (C=O) groups is 4. The van der Waals surface area contributed by atoms with Gasteiger partial charge in [0.2, 0.25) is 5.91 Å². The Morgan fingerprint density at radius 3 is 2.13 bits per heavy atom. The van der Waals surface area contributed by atoms with E-state index in [-0.39, 0.29) is 13.2 Å². The van der Waals surface area contributed by atoms with Crippen LogP contribution < -0.4 is 10.6 Å². The zero-order valence-electron chi connectivity index (χ0n) is 18.9. The second-order valence-corrected chi connectivity index (χ2v) is 8.20. The van der Waals surface area contributed by atoms with Crippen LogP contribution in [0.15, 0.2) is 30.3 Å². The zero-order valence-corrected chi connectivity index (χ0v) is 18.9. The number of ketones is 1. The first-order valence-corrected chi connectivity index (χ1v) is 9.97. The minimum Gasteiger partial charge on any atom is -0.467 e. The first kappa shape index (κ1) is 26.1. The fourth-order valence-corrected chi connectivity index (χ4v) is 2.36. The average molecular weight is 437 g/mol. The van der Waals surface area contributed by atoms with Crippen molar-refractivity contribution in [2.75, 3.05) is 13.7 Å². The molecule has 0 saturated carbocycles. The molecule has 0 fully saturated rings. The third-order valence-corrected chi connectivity index (χ3v) is 4.08. The number of ether oxygens (including phenoxy) is 3. The summed E-state index contributed by atoms with van der Waals surface area (Å²) in [5.41, 5.74) is 0.182. The number of Topliss-reactive ketones (excluding diaryl/α,β-unsaturated/α-hetero) is 1. The third kappa shape index (κ3) is 9.61. The van der Waals surface area contributed by atoms with E-state index in [4.69, 9.17) is 9.47 Å². The highest BCUT2D eigenvalue weighted by Crippen LogP contribution is 2.09. The van der Waals surface area contributed by atoms with Gasteiger partial charge < -0.3 is 24.8 Å². The number of hydrogen-bond acceptors (Lipinski definition) is 7. The number of methoxy groups -OCH3 is 1. The standard InChI is InChI=1S/C22H32N2O7/c1-14(2)18(25)17(20(27)29-6)24-19(26)16(13-31-22(3,4)5)23-21(28)30-12-15-10-8-7-9-11-15/h7-11,14,16-17H,12-13H2,1-6H3,(H,23,28)(H,24,26)/t16-,17?/m0/s1. The molecule has 0 aliphatic rings. The van der Waals surface area contributed by atoms with Gasteiger partial charge in [-0.3, -0.25) is 9.59 Å². The van der Waals surface area contributed by atoms with Crippen LogP contribution in [0.5, 0.6) is 0 Å². The van der Waals surface area contributed by atoms with Crippen LogP contribution in [-0.2, 0) is 35.2 Å². The molecule has 0 saturated heterocycles. The van der Waals surface area contributed by atoms with Crippen molar-refractivity contribution in [1.82, 2.24) is 10.6 Å². The summed E-state index contributed by atoms with van der Waals surface area (Å²) in [5, 5.41) is 4.78. The number of carbonyl (C=O) groups excluding carboxylic acids is 4. The van der Waals surface area contributed by atoms with Crippen molar-refractivity contribution in [2.45, 2.75) is 58.9 Å². The summed E-state index contributed by atoms with van der Waals surface area (Å²) in [4.78, 5) is 49.4. The Bertz CT molecular complexity index is 757. The molecule has 172 valence electrons. The molecule has 0 spiro atoms. The summed E-state index contributed by atoms with van der Waals surface area (Å²) < 4.78 is 15.4. The van der Waals surface area contributed by atoms with Crippen molar-refractivity contribution < 1.29 is 33.4 Å². The summed E-state index contributed by atoms with van der Waals surface area (Å²) >= 11 is 0. The maximum Gasteiger partial charge on any atom is 0.408 e. The Labute approximate surface area is 182 Å². The van der Waals surface area contributed by atoms with Gasteiger partial charge in [0.25, 0.3) is 0 Å². The van der Waals surface area contributed by atoms with Crippen LogP contribution in [0.1, 0.15) is 40.2 Å². The molecule has 0 bridgehead atoms. The molecule has 9 nitrogen and oxygen atoms in total.